The second-order valence-corrected chi connectivity index (χ2v) is 5.79. The standard InChI is InChI=1S/C19H17FN4O/c20-17-8-3-14(4-9-17)5-10-18(25)19(24-13-22-12-23-24)16-6-1-15(11-21)2-7-16/h1-4,6-9,12-13,18-19,25H,5,10H2. The molecule has 2 unspecified atom stereocenters. The van der Waals surface area contributed by atoms with E-state index < -0.39 is 12.1 Å². The molecular formula is C19H17FN4O. The molecule has 0 fully saturated rings. The zero-order valence-electron chi connectivity index (χ0n) is 13.5. The van der Waals surface area contributed by atoms with Crippen molar-refractivity contribution in [2.75, 3.05) is 0 Å². The summed E-state index contributed by atoms with van der Waals surface area (Å²) in [5, 5.41) is 23.8. The van der Waals surface area contributed by atoms with Crippen molar-refractivity contribution in [3.05, 3.63) is 83.7 Å². The summed E-state index contributed by atoms with van der Waals surface area (Å²) in [4.78, 5) is 3.96. The fourth-order valence-corrected chi connectivity index (χ4v) is 2.79. The summed E-state index contributed by atoms with van der Waals surface area (Å²) in [5.41, 5.74) is 2.36. The van der Waals surface area contributed by atoms with E-state index in [9.17, 15) is 9.50 Å². The molecule has 5 nitrogen and oxygen atoms in total. The van der Waals surface area contributed by atoms with Crippen molar-refractivity contribution < 1.29 is 9.50 Å². The lowest BCUT2D eigenvalue weighted by molar-refractivity contribution is 0.115. The lowest BCUT2D eigenvalue weighted by Crippen LogP contribution is -2.26. The minimum Gasteiger partial charge on any atom is -0.391 e. The zero-order valence-corrected chi connectivity index (χ0v) is 13.5. The molecule has 1 heterocycles. The van der Waals surface area contributed by atoms with E-state index in [4.69, 9.17) is 5.26 Å². The summed E-state index contributed by atoms with van der Waals surface area (Å²) in [5.74, 6) is -0.276. The molecule has 0 spiro atoms. The van der Waals surface area contributed by atoms with Gasteiger partial charge in [-0.2, -0.15) is 10.4 Å². The van der Waals surface area contributed by atoms with Crippen molar-refractivity contribution >= 4 is 0 Å². The summed E-state index contributed by atoms with van der Waals surface area (Å²) in [6.45, 7) is 0. The van der Waals surface area contributed by atoms with Crippen LogP contribution in [0.1, 0.15) is 29.2 Å². The Morgan fingerprint density at radius 1 is 1.12 bits per heavy atom. The molecule has 2 atom stereocenters. The average Bonchev–Trinajstić information content (AvgIpc) is 3.16. The molecule has 126 valence electrons. The van der Waals surface area contributed by atoms with Gasteiger partial charge in [0, 0.05) is 0 Å². The SMILES string of the molecule is N#Cc1ccc(C(C(O)CCc2ccc(F)cc2)n2cncn2)cc1. The van der Waals surface area contributed by atoms with Gasteiger partial charge in [0.25, 0.3) is 0 Å². The van der Waals surface area contributed by atoms with Crippen LogP contribution in [0.25, 0.3) is 0 Å². The Kier molecular flexibility index (Phi) is 5.17. The van der Waals surface area contributed by atoms with Crippen LogP contribution in [0.3, 0.4) is 0 Å². The highest BCUT2D eigenvalue weighted by Gasteiger charge is 2.23. The Balaban J connectivity index is 1.79. The maximum atomic E-state index is 13.0. The number of aryl methyl sites for hydroxylation is 1. The first-order valence-corrected chi connectivity index (χ1v) is 7.94. The number of benzene rings is 2. The van der Waals surface area contributed by atoms with Crippen LogP contribution in [0.15, 0.2) is 61.2 Å². The Hall–Kier alpha value is -3.04. The minimum atomic E-state index is -0.709. The molecular weight excluding hydrogens is 319 g/mol. The van der Waals surface area contributed by atoms with Gasteiger partial charge in [0.15, 0.2) is 0 Å². The molecule has 1 aromatic heterocycles. The first-order chi connectivity index (χ1) is 12.2. The maximum absolute atomic E-state index is 13.0. The number of nitriles is 1. The van der Waals surface area contributed by atoms with Crippen molar-refractivity contribution in [1.29, 1.82) is 5.26 Å². The van der Waals surface area contributed by atoms with Crippen molar-refractivity contribution in [2.24, 2.45) is 0 Å². The highest BCUT2D eigenvalue weighted by Crippen LogP contribution is 2.24. The molecule has 6 heteroatoms. The first-order valence-electron chi connectivity index (χ1n) is 7.94. The summed E-state index contributed by atoms with van der Waals surface area (Å²) in [6.07, 6.45) is 3.37. The number of hydrogen-bond acceptors (Lipinski definition) is 4. The van der Waals surface area contributed by atoms with Gasteiger partial charge in [-0.1, -0.05) is 24.3 Å². The van der Waals surface area contributed by atoms with E-state index in [0.717, 1.165) is 11.1 Å². The molecule has 2 aromatic carbocycles. The molecule has 3 aromatic rings. The van der Waals surface area contributed by atoms with E-state index in [2.05, 4.69) is 16.2 Å². The smallest absolute Gasteiger partial charge is 0.137 e. The van der Waals surface area contributed by atoms with Gasteiger partial charge in [0.1, 0.15) is 24.5 Å². The second kappa shape index (κ2) is 7.69. The number of aromatic nitrogens is 3. The summed E-state index contributed by atoms with van der Waals surface area (Å²) in [6, 6.07) is 15.0. The van der Waals surface area contributed by atoms with E-state index in [-0.39, 0.29) is 5.82 Å². The van der Waals surface area contributed by atoms with E-state index in [0.29, 0.717) is 18.4 Å². The van der Waals surface area contributed by atoms with Crippen molar-refractivity contribution in [2.45, 2.75) is 25.0 Å². The molecule has 0 saturated carbocycles. The minimum absolute atomic E-state index is 0.276. The van der Waals surface area contributed by atoms with Crippen LogP contribution < -0.4 is 0 Å². The van der Waals surface area contributed by atoms with Crippen LogP contribution in [0.4, 0.5) is 4.39 Å². The Bertz CT molecular complexity index is 839. The lowest BCUT2D eigenvalue weighted by Gasteiger charge is -2.23. The predicted octanol–water partition coefficient (Wildman–Crippen LogP) is 2.87. The molecule has 0 aliphatic rings. The predicted molar refractivity (Wildman–Crippen MR) is 90.0 cm³/mol. The van der Waals surface area contributed by atoms with Crippen LogP contribution >= 0.6 is 0 Å². The molecule has 0 bridgehead atoms. The molecule has 0 saturated heterocycles. The third kappa shape index (κ3) is 4.08. The molecule has 3 rings (SSSR count). The van der Waals surface area contributed by atoms with E-state index in [1.165, 1.54) is 18.5 Å². The normalized spacial score (nSPS) is 13.2. The van der Waals surface area contributed by atoms with Gasteiger partial charge < -0.3 is 5.11 Å². The van der Waals surface area contributed by atoms with Crippen LogP contribution in [-0.2, 0) is 6.42 Å². The number of nitrogens with zero attached hydrogens (tertiary/aromatic N) is 4. The van der Waals surface area contributed by atoms with Gasteiger partial charge in [-0.15, -0.1) is 0 Å². The third-order valence-electron chi connectivity index (χ3n) is 4.11. The van der Waals surface area contributed by atoms with Gasteiger partial charge in [-0.25, -0.2) is 14.1 Å². The van der Waals surface area contributed by atoms with Crippen molar-refractivity contribution in [3.63, 3.8) is 0 Å². The number of aliphatic hydroxyl groups is 1. The Morgan fingerprint density at radius 2 is 1.84 bits per heavy atom. The zero-order chi connectivity index (χ0) is 17.6. The topological polar surface area (TPSA) is 74.7 Å². The van der Waals surface area contributed by atoms with Gasteiger partial charge >= 0.3 is 0 Å². The summed E-state index contributed by atoms with van der Waals surface area (Å²) >= 11 is 0. The highest BCUT2D eigenvalue weighted by molar-refractivity contribution is 5.33. The second-order valence-electron chi connectivity index (χ2n) is 5.79. The number of halogens is 1. The summed E-state index contributed by atoms with van der Waals surface area (Å²) in [7, 11) is 0. The van der Waals surface area contributed by atoms with E-state index in [1.54, 1.807) is 35.3 Å². The number of aliphatic hydroxyl groups excluding tert-OH is 1. The first kappa shape index (κ1) is 16.8. The van der Waals surface area contributed by atoms with E-state index >= 15 is 0 Å². The van der Waals surface area contributed by atoms with Crippen LogP contribution in [0.2, 0.25) is 0 Å². The third-order valence-corrected chi connectivity index (χ3v) is 4.11. The molecule has 1 N–H and O–H groups in total. The van der Waals surface area contributed by atoms with Gasteiger partial charge in [-0.05, 0) is 48.2 Å². The maximum Gasteiger partial charge on any atom is 0.137 e. The Morgan fingerprint density at radius 3 is 2.44 bits per heavy atom. The van der Waals surface area contributed by atoms with Crippen molar-refractivity contribution in [1.82, 2.24) is 14.8 Å². The van der Waals surface area contributed by atoms with Crippen LogP contribution in [0.5, 0.6) is 0 Å². The monoisotopic (exact) mass is 336 g/mol. The number of hydrogen-bond donors (Lipinski definition) is 1. The summed E-state index contributed by atoms with van der Waals surface area (Å²) < 4.78 is 14.6. The molecule has 0 aliphatic carbocycles. The molecule has 0 amide bonds. The van der Waals surface area contributed by atoms with Gasteiger partial charge in [0.2, 0.25) is 0 Å². The fraction of sp³-hybridized carbons (Fsp3) is 0.211. The van der Waals surface area contributed by atoms with E-state index in [1.807, 2.05) is 12.1 Å². The highest BCUT2D eigenvalue weighted by atomic mass is 19.1. The van der Waals surface area contributed by atoms with Crippen LogP contribution in [-0.4, -0.2) is 26.0 Å². The molecule has 25 heavy (non-hydrogen) atoms. The average molecular weight is 336 g/mol. The Labute approximate surface area is 145 Å². The lowest BCUT2D eigenvalue weighted by atomic mass is 9.95. The van der Waals surface area contributed by atoms with Crippen molar-refractivity contribution in [3.8, 4) is 6.07 Å². The molecule has 0 radical (unpaired) electrons. The fourth-order valence-electron chi connectivity index (χ4n) is 2.79. The van der Waals surface area contributed by atoms with Crippen LogP contribution in [0, 0.1) is 17.1 Å². The molecule has 0 aliphatic heterocycles. The van der Waals surface area contributed by atoms with Gasteiger partial charge in [-0.3, -0.25) is 0 Å². The number of rotatable bonds is 6. The largest absolute Gasteiger partial charge is 0.391 e. The quantitative estimate of drug-likeness (QED) is 0.751. The van der Waals surface area contributed by atoms with Gasteiger partial charge in [0.05, 0.1) is 17.7 Å².